The van der Waals surface area contributed by atoms with E-state index in [2.05, 4.69) is 20.7 Å². The summed E-state index contributed by atoms with van der Waals surface area (Å²) in [5.74, 6) is 1.70. The molecule has 0 saturated heterocycles. The number of carbonyl (C=O) groups is 1. The zero-order valence-corrected chi connectivity index (χ0v) is 14.0. The molecule has 128 valence electrons. The minimum Gasteiger partial charge on any atom is -0.492 e. The van der Waals surface area contributed by atoms with Gasteiger partial charge in [0.1, 0.15) is 24.5 Å². The molecule has 1 atom stereocenters. The molecule has 2 N–H and O–H groups in total. The van der Waals surface area contributed by atoms with Gasteiger partial charge in [0.15, 0.2) is 0 Å². The standard InChI is InChI=1S/C16H20ClN5O2/c17-12-1-4-14(5-2-12)24-8-7-18-16(23)9-19-13-3-6-15-20-11-21-22(15)10-13/h1-2,4-5,11,13,19H,3,6-10H2,(H,18,23)/t13-/m0/s1. The van der Waals surface area contributed by atoms with Crippen molar-refractivity contribution in [2.24, 2.45) is 0 Å². The van der Waals surface area contributed by atoms with Gasteiger partial charge < -0.3 is 15.4 Å². The van der Waals surface area contributed by atoms with Crippen LogP contribution >= 0.6 is 11.6 Å². The summed E-state index contributed by atoms with van der Waals surface area (Å²) >= 11 is 5.81. The molecule has 1 aliphatic heterocycles. The number of rotatable bonds is 7. The third-order valence-corrected chi connectivity index (χ3v) is 4.12. The minimum absolute atomic E-state index is 0.0425. The highest BCUT2D eigenvalue weighted by Gasteiger charge is 2.19. The molecule has 8 heteroatoms. The Bertz CT molecular complexity index is 673. The Balaban J connectivity index is 1.30. The van der Waals surface area contributed by atoms with Gasteiger partial charge in [-0.2, -0.15) is 5.10 Å². The van der Waals surface area contributed by atoms with Crippen LogP contribution in [0.15, 0.2) is 30.6 Å². The third-order valence-electron chi connectivity index (χ3n) is 3.86. The first-order chi connectivity index (χ1) is 11.7. The largest absolute Gasteiger partial charge is 0.492 e. The predicted molar refractivity (Wildman–Crippen MR) is 90.1 cm³/mol. The number of carbonyl (C=O) groups excluding carboxylic acids is 1. The summed E-state index contributed by atoms with van der Waals surface area (Å²) in [7, 11) is 0. The number of aromatic nitrogens is 3. The van der Waals surface area contributed by atoms with Crippen molar-refractivity contribution in [3.63, 3.8) is 0 Å². The fourth-order valence-electron chi connectivity index (χ4n) is 2.59. The van der Waals surface area contributed by atoms with E-state index in [0.717, 1.165) is 31.0 Å². The van der Waals surface area contributed by atoms with E-state index in [1.54, 1.807) is 30.6 Å². The van der Waals surface area contributed by atoms with E-state index in [4.69, 9.17) is 16.3 Å². The van der Waals surface area contributed by atoms with Crippen LogP contribution in [0.3, 0.4) is 0 Å². The Morgan fingerprint density at radius 3 is 3.04 bits per heavy atom. The van der Waals surface area contributed by atoms with Gasteiger partial charge in [0.25, 0.3) is 0 Å². The minimum atomic E-state index is -0.0425. The summed E-state index contributed by atoms with van der Waals surface area (Å²) in [4.78, 5) is 16.0. The van der Waals surface area contributed by atoms with Gasteiger partial charge in [-0.05, 0) is 30.7 Å². The summed E-state index contributed by atoms with van der Waals surface area (Å²) < 4.78 is 7.41. The van der Waals surface area contributed by atoms with E-state index in [-0.39, 0.29) is 18.5 Å². The lowest BCUT2D eigenvalue weighted by atomic mass is 10.1. The number of nitrogens with zero attached hydrogens (tertiary/aromatic N) is 3. The van der Waals surface area contributed by atoms with Gasteiger partial charge in [-0.3, -0.25) is 4.79 Å². The second-order valence-electron chi connectivity index (χ2n) is 5.63. The topological polar surface area (TPSA) is 81.1 Å². The van der Waals surface area contributed by atoms with E-state index >= 15 is 0 Å². The Morgan fingerprint density at radius 1 is 1.38 bits per heavy atom. The SMILES string of the molecule is O=C(CN[C@H]1CCc2ncnn2C1)NCCOc1ccc(Cl)cc1. The van der Waals surface area contributed by atoms with Crippen LogP contribution < -0.4 is 15.4 Å². The summed E-state index contributed by atoms with van der Waals surface area (Å²) in [6.45, 7) is 1.91. The van der Waals surface area contributed by atoms with Crippen molar-refractivity contribution in [3.05, 3.63) is 41.4 Å². The molecular weight excluding hydrogens is 330 g/mol. The lowest BCUT2D eigenvalue weighted by molar-refractivity contribution is -0.120. The second kappa shape index (κ2) is 8.12. The van der Waals surface area contributed by atoms with Gasteiger partial charge in [-0.25, -0.2) is 9.67 Å². The first-order valence-electron chi connectivity index (χ1n) is 7.96. The number of ether oxygens (including phenoxy) is 1. The lowest BCUT2D eigenvalue weighted by Crippen LogP contribution is -2.44. The molecule has 0 spiro atoms. The van der Waals surface area contributed by atoms with Crippen LogP contribution in [-0.2, 0) is 17.8 Å². The molecule has 1 amide bonds. The maximum absolute atomic E-state index is 11.9. The smallest absolute Gasteiger partial charge is 0.234 e. The van der Waals surface area contributed by atoms with Crippen molar-refractivity contribution in [1.29, 1.82) is 0 Å². The monoisotopic (exact) mass is 349 g/mol. The molecule has 1 aromatic carbocycles. The second-order valence-corrected chi connectivity index (χ2v) is 6.06. The van der Waals surface area contributed by atoms with Gasteiger partial charge in [-0.1, -0.05) is 11.6 Å². The quantitative estimate of drug-likeness (QED) is 0.730. The van der Waals surface area contributed by atoms with Crippen molar-refractivity contribution in [1.82, 2.24) is 25.4 Å². The van der Waals surface area contributed by atoms with Crippen LogP contribution in [0.1, 0.15) is 12.2 Å². The van der Waals surface area contributed by atoms with Crippen LogP contribution in [0, 0.1) is 0 Å². The molecule has 2 heterocycles. The summed E-state index contributed by atoms with van der Waals surface area (Å²) in [6, 6.07) is 7.38. The molecule has 0 bridgehead atoms. The van der Waals surface area contributed by atoms with Gasteiger partial charge in [0, 0.05) is 17.5 Å². The van der Waals surface area contributed by atoms with Crippen LogP contribution in [0.25, 0.3) is 0 Å². The van der Waals surface area contributed by atoms with Gasteiger partial charge >= 0.3 is 0 Å². The molecule has 0 aliphatic carbocycles. The maximum Gasteiger partial charge on any atom is 0.234 e. The Labute approximate surface area is 145 Å². The van der Waals surface area contributed by atoms with Crippen molar-refractivity contribution >= 4 is 17.5 Å². The molecule has 0 radical (unpaired) electrons. The molecule has 0 unspecified atom stereocenters. The molecule has 1 aromatic heterocycles. The number of amides is 1. The van der Waals surface area contributed by atoms with Crippen molar-refractivity contribution in [2.75, 3.05) is 19.7 Å². The summed E-state index contributed by atoms with van der Waals surface area (Å²) in [5, 5.41) is 10.9. The first-order valence-corrected chi connectivity index (χ1v) is 8.33. The zero-order valence-electron chi connectivity index (χ0n) is 13.2. The van der Waals surface area contributed by atoms with E-state index in [1.165, 1.54) is 0 Å². The van der Waals surface area contributed by atoms with Gasteiger partial charge in [0.2, 0.25) is 5.91 Å². The lowest BCUT2D eigenvalue weighted by Gasteiger charge is -2.23. The van der Waals surface area contributed by atoms with Gasteiger partial charge in [-0.15, -0.1) is 0 Å². The van der Waals surface area contributed by atoms with E-state index in [1.807, 2.05) is 4.68 Å². The number of aryl methyl sites for hydroxylation is 1. The third kappa shape index (κ3) is 4.69. The zero-order chi connectivity index (χ0) is 16.8. The Kier molecular flexibility index (Phi) is 5.66. The van der Waals surface area contributed by atoms with Crippen LogP contribution in [0.2, 0.25) is 5.02 Å². The number of nitrogens with one attached hydrogen (secondary N) is 2. The van der Waals surface area contributed by atoms with Crippen LogP contribution in [0.5, 0.6) is 5.75 Å². The maximum atomic E-state index is 11.9. The average Bonchev–Trinajstić information content (AvgIpc) is 3.06. The van der Waals surface area contributed by atoms with Crippen molar-refractivity contribution in [2.45, 2.75) is 25.4 Å². The number of fused-ring (bicyclic) bond motifs is 1. The highest BCUT2D eigenvalue weighted by Crippen LogP contribution is 2.15. The van der Waals surface area contributed by atoms with Crippen LogP contribution in [-0.4, -0.2) is 46.4 Å². The Morgan fingerprint density at radius 2 is 2.21 bits per heavy atom. The van der Waals surface area contributed by atoms with E-state index in [9.17, 15) is 4.79 Å². The molecule has 1 aliphatic rings. The fourth-order valence-corrected chi connectivity index (χ4v) is 2.72. The molecular formula is C16H20ClN5O2. The average molecular weight is 350 g/mol. The van der Waals surface area contributed by atoms with Crippen molar-refractivity contribution in [3.8, 4) is 5.75 Å². The first kappa shape index (κ1) is 16.7. The van der Waals surface area contributed by atoms with E-state index in [0.29, 0.717) is 18.2 Å². The molecule has 2 aromatic rings. The summed E-state index contributed by atoms with van der Waals surface area (Å²) in [5.41, 5.74) is 0. The molecule has 0 fully saturated rings. The molecule has 24 heavy (non-hydrogen) atoms. The summed E-state index contributed by atoms with van der Waals surface area (Å²) in [6.07, 6.45) is 3.42. The van der Waals surface area contributed by atoms with E-state index < -0.39 is 0 Å². The molecule has 0 saturated carbocycles. The molecule has 3 rings (SSSR count). The normalized spacial score (nSPS) is 16.5. The highest BCUT2D eigenvalue weighted by atomic mass is 35.5. The predicted octanol–water partition coefficient (Wildman–Crippen LogP) is 1.03. The molecule has 7 nitrogen and oxygen atoms in total. The van der Waals surface area contributed by atoms with Crippen LogP contribution in [0.4, 0.5) is 0 Å². The highest BCUT2D eigenvalue weighted by molar-refractivity contribution is 6.30. The number of halogens is 1. The van der Waals surface area contributed by atoms with Crippen molar-refractivity contribution < 1.29 is 9.53 Å². The number of benzene rings is 1. The van der Waals surface area contributed by atoms with Gasteiger partial charge in [0.05, 0.1) is 19.6 Å². The number of hydrogen-bond donors (Lipinski definition) is 2. The number of hydrogen-bond acceptors (Lipinski definition) is 5. The Hall–Kier alpha value is -2.12. The fraction of sp³-hybridized carbons (Fsp3) is 0.438.